The molecule has 0 saturated carbocycles. The first-order valence-electron chi connectivity index (χ1n) is 7.97. The second kappa shape index (κ2) is 8.02. The summed E-state index contributed by atoms with van der Waals surface area (Å²) in [5, 5.41) is 9.12. The van der Waals surface area contributed by atoms with Gasteiger partial charge in [0.25, 0.3) is 0 Å². The van der Waals surface area contributed by atoms with Gasteiger partial charge in [0.1, 0.15) is 0 Å². The van der Waals surface area contributed by atoms with Crippen molar-refractivity contribution in [2.75, 3.05) is 5.75 Å². The summed E-state index contributed by atoms with van der Waals surface area (Å²) in [6.07, 6.45) is 1.47. The topological polar surface area (TPSA) is 70.2 Å². The van der Waals surface area contributed by atoms with Gasteiger partial charge in [-0.2, -0.15) is 0 Å². The number of aromatic nitrogens is 3. The number of esters is 1. The van der Waals surface area contributed by atoms with Crippen molar-refractivity contribution in [3.63, 3.8) is 0 Å². The van der Waals surface area contributed by atoms with Gasteiger partial charge in [-0.3, -0.25) is 9.36 Å². The van der Waals surface area contributed by atoms with Crippen LogP contribution in [0.5, 0.6) is 0 Å². The third kappa shape index (κ3) is 4.51. The molecule has 2 aromatic heterocycles. The van der Waals surface area contributed by atoms with E-state index >= 15 is 0 Å². The first-order valence-corrected chi connectivity index (χ1v) is 8.95. The monoisotopic (exact) mass is 357 g/mol. The normalized spacial score (nSPS) is 11.0. The van der Waals surface area contributed by atoms with E-state index in [0.29, 0.717) is 23.3 Å². The maximum Gasteiger partial charge on any atom is 0.316 e. The van der Waals surface area contributed by atoms with Gasteiger partial charge in [0, 0.05) is 0 Å². The number of furan rings is 1. The van der Waals surface area contributed by atoms with Gasteiger partial charge < -0.3 is 9.15 Å². The first kappa shape index (κ1) is 17.3. The second-order valence-corrected chi connectivity index (χ2v) is 6.63. The van der Waals surface area contributed by atoms with Crippen LogP contribution < -0.4 is 0 Å². The van der Waals surface area contributed by atoms with Crippen LogP contribution in [0.4, 0.5) is 0 Å². The standard InChI is InChI=1S/C18H19N3O3S/c1-13(2)24-16(22)12-25-18-20-19-17(15-9-6-10-23-15)21(18)11-14-7-4-3-5-8-14/h3-10,13H,11-12H2,1-2H3. The van der Waals surface area contributed by atoms with Crippen molar-refractivity contribution >= 4 is 17.7 Å². The van der Waals surface area contributed by atoms with Crippen molar-refractivity contribution in [1.29, 1.82) is 0 Å². The fraction of sp³-hybridized carbons (Fsp3) is 0.278. The van der Waals surface area contributed by atoms with Crippen molar-refractivity contribution in [3.05, 3.63) is 54.3 Å². The van der Waals surface area contributed by atoms with Crippen LogP contribution in [0.2, 0.25) is 0 Å². The molecule has 0 N–H and O–H groups in total. The predicted octanol–water partition coefficient (Wildman–Crippen LogP) is 3.63. The fourth-order valence-corrected chi connectivity index (χ4v) is 3.03. The summed E-state index contributed by atoms with van der Waals surface area (Å²) in [5.41, 5.74) is 1.11. The molecule has 0 atom stereocenters. The zero-order valence-electron chi connectivity index (χ0n) is 14.1. The molecule has 3 rings (SSSR count). The Bertz CT molecular complexity index is 813. The van der Waals surface area contributed by atoms with Gasteiger partial charge in [-0.15, -0.1) is 10.2 Å². The highest BCUT2D eigenvalue weighted by atomic mass is 32.2. The SMILES string of the molecule is CC(C)OC(=O)CSc1nnc(-c2ccco2)n1Cc1ccccc1. The average molecular weight is 357 g/mol. The Morgan fingerprint density at radius 3 is 2.68 bits per heavy atom. The minimum Gasteiger partial charge on any atom is -0.462 e. The first-order chi connectivity index (χ1) is 12.1. The highest BCUT2D eigenvalue weighted by Gasteiger charge is 2.18. The molecule has 0 radical (unpaired) electrons. The van der Waals surface area contributed by atoms with Gasteiger partial charge in [0.05, 0.1) is 24.7 Å². The minimum absolute atomic E-state index is 0.131. The molecule has 0 amide bonds. The maximum atomic E-state index is 11.8. The molecule has 1 aromatic carbocycles. The number of rotatable bonds is 7. The van der Waals surface area contributed by atoms with Crippen LogP contribution in [0.1, 0.15) is 19.4 Å². The number of carbonyl (C=O) groups excluding carboxylic acids is 1. The van der Waals surface area contributed by atoms with Crippen LogP contribution in [-0.2, 0) is 16.1 Å². The molecule has 130 valence electrons. The number of nitrogens with zero attached hydrogens (tertiary/aromatic N) is 3. The molecule has 25 heavy (non-hydrogen) atoms. The third-order valence-electron chi connectivity index (χ3n) is 3.33. The van der Waals surface area contributed by atoms with Crippen LogP contribution in [0, 0.1) is 0 Å². The Labute approximate surface area is 150 Å². The zero-order valence-corrected chi connectivity index (χ0v) is 14.9. The molecule has 6 nitrogen and oxygen atoms in total. The Kier molecular flexibility index (Phi) is 5.55. The summed E-state index contributed by atoms with van der Waals surface area (Å²) in [4.78, 5) is 11.8. The zero-order chi connectivity index (χ0) is 17.6. The smallest absolute Gasteiger partial charge is 0.316 e. The van der Waals surface area contributed by atoms with E-state index in [1.165, 1.54) is 11.8 Å². The number of benzene rings is 1. The largest absolute Gasteiger partial charge is 0.462 e. The van der Waals surface area contributed by atoms with Crippen LogP contribution in [0.3, 0.4) is 0 Å². The van der Waals surface area contributed by atoms with Crippen LogP contribution in [0.15, 0.2) is 58.3 Å². The molecule has 0 aliphatic heterocycles. The molecule has 2 heterocycles. The van der Waals surface area contributed by atoms with Crippen LogP contribution in [0.25, 0.3) is 11.6 Å². The minimum atomic E-state index is -0.270. The molecule has 0 saturated heterocycles. The van der Waals surface area contributed by atoms with E-state index in [9.17, 15) is 4.79 Å². The van der Waals surface area contributed by atoms with Crippen molar-refractivity contribution in [1.82, 2.24) is 14.8 Å². The molecule has 0 unspecified atom stereocenters. The molecule has 0 aliphatic rings. The summed E-state index contributed by atoms with van der Waals surface area (Å²) in [5.74, 6) is 1.19. The number of thioether (sulfide) groups is 1. The molecule has 0 spiro atoms. The van der Waals surface area contributed by atoms with Crippen molar-refractivity contribution in [2.45, 2.75) is 31.7 Å². The number of ether oxygens (including phenoxy) is 1. The summed E-state index contributed by atoms with van der Waals surface area (Å²) >= 11 is 1.31. The number of hydrogen-bond donors (Lipinski definition) is 0. The van der Waals surface area contributed by atoms with Crippen LogP contribution in [-0.4, -0.2) is 32.6 Å². The van der Waals surface area contributed by atoms with Gasteiger partial charge in [-0.05, 0) is 31.5 Å². The second-order valence-electron chi connectivity index (χ2n) is 5.68. The molecule has 0 aliphatic carbocycles. The lowest BCUT2D eigenvalue weighted by atomic mass is 10.2. The van der Waals surface area contributed by atoms with Crippen molar-refractivity contribution in [3.8, 4) is 11.6 Å². The van der Waals surface area contributed by atoms with E-state index in [4.69, 9.17) is 9.15 Å². The van der Waals surface area contributed by atoms with Gasteiger partial charge in [-0.25, -0.2) is 0 Å². The maximum absolute atomic E-state index is 11.8. The molecule has 7 heteroatoms. The molecule has 0 fully saturated rings. The number of hydrogen-bond acceptors (Lipinski definition) is 6. The van der Waals surface area contributed by atoms with Crippen molar-refractivity contribution in [2.24, 2.45) is 0 Å². The summed E-state index contributed by atoms with van der Waals surface area (Å²) in [6.45, 7) is 4.25. The Morgan fingerprint density at radius 1 is 1.20 bits per heavy atom. The van der Waals surface area contributed by atoms with Gasteiger partial charge in [0.15, 0.2) is 10.9 Å². The van der Waals surface area contributed by atoms with E-state index < -0.39 is 0 Å². The molecular weight excluding hydrogens is 338 g/mol. The van der Waals surface area contributed by atoms with E-state index in [1.807, 2.05) is 60.9 Å². The molecule has 3 aromatic rings. The molecule has 0 bridgehead atoms. The quantitative estimate of drug-likeness (QED) is 0.475. The number of carbonyl (C=O) groups is 1. The molecular formula is C18H19N3O3S. The summed E-state index contributed by atoms with van der Waals surface area (Å²) in [6, 6.07) is 13.7. The fourth-order valence-electron chi connectivity index (χ4n) is 2.31. The highest BCUT2D eigenvalue weighted by Crippen LogP contribution is 2.25. The van der Waals surface area contributed by atoms with Crippen molar-refractivity contribution < 1.29 is 13.9 Å². The lowest BCUT2D eigenvalue weighted by Gasteiger charge is -2.10. The highest BCUT2D eigenvalue weighted by molar-refractivity contribution is 7.99. The predicted molar refractivity (Wildman–Crippen MR) is 95.2 cm³/mol. The Balaban J connectivity index is 1.83. The Morgan fingerprint density at radius 2 is 2.00 bits per heavy atom. The van der Waals surface area contributed by atoms with Gasteiger partial charge in [0.2, 0.25) is 5.82 Å². The van der Waals surface area contributed by atoms with E-state index in [-0.39, 0.29) is 17.8 Å². The van der Waals surface area contributed by atoms with E-state index in [1.54, 1.807) is 6.26 Å². The summed E-state index contributed by atoms with van der Waals surface area (Å²) in [7, 11) is 0. The van der Waals surface area contributed by atoms with Gasteiger partial charge in [-0.1, -0.05) is 42.1 Å². The summed E-state index contributed by atoms with van der Waals surface area (Å²) < 4.78 is 12.6. The lowest BCUT2D eigenvalue weighted by Crippen LogP contribution is -2.14. The van der Waals surface area contributed by atoms with Crippen LogP contribution >= 0.6 is 11.8 Å². The van der Waals surface area contributed by atoms with E-state index in [0.717, 1.165) is 5.56 Å². The average Bonchev–Trinajstić information content (AvgIpc) is 3.23. The van der Waals surface area contributed by atoms with E-state index in [2.05, 4.69) is 10.2 Å². The van der Waals surface area contributed by atoms with Gasteiger partial charge >= 0.3 is 5.97 Å². The Hall–Kier alpha value is -2.54. The lowest BCUT2D eigenvalue weighted by molar-refractivity contribution is -0.144. The third-order valence-corrected chi connectivity index (χ3v) is 4.27.